The Hall–Kier alpha value is -1.46. The highest BCUT2D eigenvalue weighted by molar-refractivity contribution is 8.04. The van der Waals surface area contributed by atoms with Crippen LogP contribution in [0.25, 0.3) is 0 Å². The molecule has 1 atom stereocenters. The standard InChI is InChI=1S/C20H30N2O2S/c1-12-22(21(8)9)18(24)17(25-12)13-10-11-14(23)16(20(5,6)7)15(13)19(2,3)4/h10-11,17,23H,1H2,2-9H3. The van der Waals surface area contributed by atoms with Crippen molar-refractivity contribution < 1.29 is 9.90 Å². The van der Waals surface area contributed by atoms with Crippen LogP contribution < -0.4 is 0 Å². The predicted molar refractivity (Wildman–Crippen MR) is 106 cm³/mol. The van der Waals surface area contributed by atoms with Crippen molar-refractivity contribution in [3.63, 3.8) is 0 Å². The third kappa shape index (κ3) is 3.58. The number of phenols is 1. The first kappa shape index (κ1) is 19.9. The summed E-state index contributed by atoms with van der Waals surface area (Å²) in [6.45, 7) is 16.7. The molecule has 0 saturated carbocycles. The Morgan fingerprint density at radius 3 is 2.00 bits per heavy atom. The fraction of sp³-hybridized carbons (Fsp3) is 0.550. The SMILES string of the molecule is C=C1SC(c2ccc(O)c(C(C)(C)C)c2C(C)(C)C)C(=O)N1N(C)C. The monoisotopic (exact) mass is 362 g/mol. The molecule has 138 valence electrons. The van der Waals surface area contributed by atoms with Gasteiger partial charge in [-0.2, -0.15) is 0 Å². The molecule has 4 nitrogen and oxygen atoms in total. The summed E-state index contributed by atoms with van der Waals surface area (Å²) in [6, 6.07) is 3.62. The Balaban J connectivity index is 2.72. The zero-order chi connectivity index (χ0) is 19.3. The van der Waals surface area contributed by atoms with Gasteiger partial charge < -0.3 is 5.11 Å². The molecule has 1 fully saturated rings. The molecule has 1 N–H and O–H groups in total. The molecule has 1 aliphatic rings. The third-order valence-electron chi connectivity index (χ3n) is 4.32. The van der Waals surface area contributed by atoms with E-state index in [1.165, 1.54) is 11.8 Å². The van der Waals surface area contributed by atoms with Crippen molar-refractivity contribution in [2.75, 3.05) is 14.1 Å². The van der Waals surface area contributed by atoms with Gasteiger partial charge in [-0.15, -0.1) is 0 Å². The van der Waals surface area contributed by atoms with Gasteiger partial charge in [0.2, 0.25) is 0 Å². The topological polar surface area (TPSA) is 43.8 Å². The van der Waals surface area contributed by atoms with Crippen LogP contribution in [0.15, 0.2) is 23.7 Å². The van der Waals surface area contributed by atoms with Gasteiger partial charge in [0.25, 0.3) is 5.91 Å². The van der Waals surface area contributed by atoms with Gasteiger partial charge in [0.1, 0.15) is 11.0 Å². The van der Waals surface area contributed by atoms with Crippen LogP contribution in [0.5, 0.6) is 5.75 Å². The van der Waals surface area contributed by atoms with Gasteiger partial charge in [-0.3, -0.25) is 4.79 Å². The number of benzene rings is 1. The average molecular weight is 363 g/mol. The largest absolute Gasteiger partial charge is 0.508 e. The van der Waals surface area contributed by atoms with Crippen LogP contribution in [0.3, 0.4) is 0 Å². The summed E-state index contributed by atoms with van der Waals surface area (Å²) in [4.78, 5) is 13.0. The lowest BCUT2D eigenvalue weighted by Gasteiger charge is -2.34. The molecule has 0 radical (unpaired) electrons. The van der Waals surface area contributed by atoms with E-state index in [0.29, 0.717) is 5.75 Å². The highest BCUT2D eigenvalue weighted by atomic mass is 32.2. The minimum Gasteiger partial charge on any atom is -0.508 e. The fourth-order valence-corrected chi connectivity index (χ4v) is 4.63. The van der Waals surface area contributed by atoms with Crippen LogP contribution >= 0.6 is 11.8 Å². The molecule has 1 aromatic rings. The number of amides is 1. The first-order valence-electron chi connectivity index (χ1n) is 8.50. The van der Waals surface area contributed by atoms with E-state index < -0.39 is 0 Å². The number of phenolic OH excluding ortho intramolecular Hbond substituents is 1. The minimum absolute atomic E-state index is 0.0102. The Labute approximate surface area is 155 Å². The van der Waals surface area contributed by atoms with Gasteiger partial charge in [0, 0.05) is 19.7 Å². The summed E-state index contributed by atoms with van der Waals surface area (Å²) in [5.41, 5.74) is 2.51. The van der Waals surface area contributed by atoms with Crippen molar-refractivity contribution in [3.8, 4) is 5.75 Å². The zero-order valence-electron chi connectivity index (χ0n) is 16.6. The molecule has 1 heterocycles. The van der Waals surface area contributed by atoms with Crippen molar-refractivity contribution in [2.45, 2.75) is 57.6 Å². The Bertz CT molecular complexity index is 712. The number of rotatable bonds is 2. The quantitative estimate of drug-likeness (QED) is 0.838. The molecule has 0 aliphatic carbocycles. The molecule has 0 bridgehead atoms. The molecule has 1 unspecified atom stereocenters. The van der Waals surface area contributed by atoms with Crippen LogP contribution in [0.2, 0.25) is 0 Å². The fourth-order valence-electron chi connectivity index (χ4n) is 3.48. The molecule has 5 heteroatoms. The summed E-state index contributed by atoms with van der Waals surface area (Å²) >= 11 is 1.48. The van der Waals surface area contributed by atoms with Gasteiger partial charge in [-0.05, 0) is 28.0 Å². The number of carbonyl (C=O) groups excluding carboxylic acids is 1. The van der Waals surface area contributed by atoms with E-state index in [9.17, 15) is 9.90 Å². The highest BCUT2D eigenvalue weighted by Gasteiger charge is 2.42. The second-order valence-corrected chi connectivity index (χ2v) is 9.99. The van der Waals surface area contributed by atoms with Gasteiger partial charge in [0.15, 0.2) is 0 Å². The molecule has 0 aromatic heterocycles. The molecular formula is C20H30N2O2S. The number of thioether (sulfide) groups is 1. The summed E-state index contributed by atoms with van der Waals surface area (Å²) in [5.74, 6) is 0.302. The summed E-state index contributed by atoms with van der Waals surface area (Å²) < 4.78 is 0. The van der Waals surface area contributed by atoms with Crippen molar-refractivity contribution in [1.82, 2.24) is 10.0 Å². The van der Waals surface area contributed by atoms with Crippen LogP contribution in [-0.4, -0.2) is 35.1 Å². The minimum atomic E-state index is -0.342. The number of nitrogens with zero attached hydrogens (tertiary/aromatic N) is 2. The van der Waals surface area contributed by atoms with Crippen LogP contribution in [0.4, 0.5) is 0 Å². The maximum atomic E-state index is 13.0. The van der Waals surface area contributed by atoms with Crippen molar-refractivity contribution in [1.29, 1.82) is 0 Å². The summed E-state index contributed by atoms with van der Waals surface area (Å²) in [6.07, 6.45) is 0. The molecular weight excluding hydrogens is 332 g/mol. The maximum Gasteiger partial charge on any atom is 0.260 e. The van der Waals surface area contributed by atoms with E-state index in [4.69, 9.17) is 0 Å². The molecule has 1 aliphatic heterocycles. The number of aromatic hydroxyl groups is 1. The Morgan fingerprint density at radius 1 is 1.08 bits per heavy atom. The summed E-state index contributed by atoms with van der Waals surface area (Å²) in [5, 5.41) is 14.4. The molecule has 1 amide bonds. The summed E-state index contributed by atoms with van der Waals surface area (Å²) in [7, 11) is 3.68. The molecule has 2 rings (SSSR count). The lowest BCUT2D eigenvalue weighted by molar-refractivity contribution is -0.137. The smallest absolute Gasteiger partial charge is 0.260 e. The number of hydrazine groups is 1. The van der Waals surface area contributed by atoms with E-state index in [0.717, 1.165) is 21.7 Å². The third-order valence-corrected chi connectivity index (χ3v) is 5.46. The molecule has 0 spiro atoms. The van der Waals surface area contributed by atoms with Crippen molar-refractivity contribution in [3.05, 3.63) is 40.4 Å². The van der Waals surface area contributed by atoms with E-state index in [2.05, 4.69) is 48.1 Å². The molecule has 1 saturated heterocycles. The second-order valence-electron chi connectivity index (χ2n) is 8.81. The lowest BCUT2D eigenvalue weighted by Crippen LogP contribution is -2.38. The highest BCUT2D eigenvalue weighted by Crippen LogP contribution is 2.50. The van der Waals surface area contributed by atoms with Gasteiger partial charge in [-0.25, -0.2) is 10.0 Å². The first-order chi connectivity index (χ1) is 11.3. The zero-order valence-corrected chi connectivity index (χ0v) is 17.4. The lowest BCUT2D eigenvalue weighted by atomic mass is 9.72. The first-order valence-corrected chi connectivity index (χ1v) is 9.38. The van der Waals surface area contributed by atoms with Crippen LogP contribution in [-0.2, 0) is 15.6 Å². The van der Waals surface area contributed by atoms with E-state index in [1.807, 2.05) is 20.2 Å². The van der Waals surface area contributed by atoms with Crippen molar-refractivity contribution in [2.24, 2.45) is 0 Å². The Kier molecular flexibility index (Phi) is 5.05. The second kappa shape index (κ2) is 6.36. The normalized spacial score (nSPS) is 19.2. The number of hydrogen-bond acceptors (Lipinski definition) is 4. The van der Waals surface area contributed by atoms with Gasteiger partial charge in [-0.1, -0.05) is 65.9 Å². The molecule has 25 heavy (non-hydrogen) atoms. The van der Waals surface area contributed by atoms with E-state index >= 15 is 0 Å². The van der Waals surface area contributed by atoms with E-state index in [-0.39, 0.29) is 22.0 Å². The average Bonchev–Trinajstić information content (AvgIpc) is 2.71. The van der Waals surface area contributed by atoms with Crippen LogP contribution in [0.1, 0.15) is 63.5 Å². The van der Waals surface area contributed by atoms with Crippen LogP contribution in [0, 0.1) is 0 Å². The van der Waals surface area contributed by atoms with E-state index in [1.54, 1.807) is 16.1 Å². The van der Waals surface area contributed by atoms with Crippen molar-refractivity contribution >= 4 is 17.7 Å². The Morgan fingerprint density at radius 2 is 1.60 bits per heavy atom. The van der Waals surface area contributed by atoms with Gasteiger partial charge in [0.05, 0.1) is 5.03 Å². The molecule has 1 aromatic carbocycles. The maximum absolute atomic E-state index is 13.0. The number of carbonyl (C=O) groups is 1. The number of hydrogen-bond donors (Lipinski definition) is 1. The predicted octanol–water partition coefficient (Wildman–Crippen LogP) is 4.55. The van der Waals surface area contributed by atoms with Gasteiger partial charge >= 0.3 is 0 Å².